The molecule has 0 saturated heterocycles. The number of aliphatic hydroxyl groups is 1. The van der Waals surface area contributed by atoms with Crippen LogP contribution in [0.25, 0.3) is 0 Å². The van der Waals surface area contributed by atoms with Gasteiger partial charge in [-0.15, -0.1) is 0 Å². The lowest BCUT2D eigenvalue weighted by atomic mass is 9.79. The maximum absolute atomic E-state index is 11.8. The summed E-state index contributed by atoms with van der Waals surface area (Å²) in [6, 6.07) is 0.161. The number of hydrogen-bond acceptors (Lipinski definition) is 2. The van der Waals surface area contributed by atoms with Gasteiger partial charge in [-0.25, -0.2) is 4.79 Å². The number of hydrogen-bond donors (Lipinski definition) is 3. The third-order valence-corrected chi connectivity index (χ3v) is 4.11. The predicted molar refractivity (Wildman–Crippen MR) is 73.4 cm³/mol. The van der Waals surface area contributed by atoms with Crippen molar-refractivity contribution in [3.8, 4) is 0 Å². The fourth-order valence-electron chi connectivity index (χ4n) is 2.42. The third-order valence-electron chi connectivity index (χ3n) is 4.11. The molecule has 0 radical (unpaired) electrons. The Morgan fingerprint density at radius 3 is 2.44 bits per heavy atom. The molecule has 0 aromatic rings. The van der Waals surface area contributed by atoms with E-state index >= 15 is 0 Å². The maximum Gasteiger partial charge on any atom is 0.315 e. The molecule has 0 saturated carbocycles. The van der Waals surface area contributed by atoms with Crippen molar-refractivity contribution in [1.29, 1.82) is 0 Å². The van der Waals surface area contributed by atoms with Crippen LogP contribution in [0.5, 0.6) is 0 Å². The molecule has 3 N–H and O–H groups in total. The maximum atomic E-state index is 11.8. The van der Waals surface area contributed by atoms with Crippen molar-refractivity contribution < 1.29 is 9.90 Å². The molecule has 0 bridgehead atoms. The molecule has 0 heterocycles. The molecule has 18 heavy (non-hydrogen) atoms. The van der Waals surface area contributed by atoms with Crippen molar-refractivity contribution >= 4 is 6.03 Å². The van der Waals surface area contributed by atoms with Crippen LogP contribution in [0, 0.1) is 5.41 Å². The number of nitrogens with one attached hydrogen (secondary N) is 2. The van der Waals surface area contributed by atoms with Gasteiger partial charge in [0.05, 0.1) is 0 Å². The Morgan fingerprint density at radius 2 is 1.94 bits per heavy atom. The van der Waals surface area contributed by atoms with Crippen molar-refractivity contribution in [1.82, 2.24) is 10.6 Å². The molecular formula is C14H26N2O2. The van der Waals surface area contributed by atoms with Crippen molar-refractivity contribution in [2.45, 2.75) is 52.0 Å². The Morgan fingerprint density at radius 1 is 1.33 bits per heavy atom. The van der Waals surface area contributed by atoms with Gasteiger partial charge < -0.3 is 15.7 Å². The van der Waals surface area contributed by atoms with Gasteiger partial charge in [0, 0.05) is 19.2 Å². The lowest BCUT2D eigenvalue weighted by Gasteiger charge is -2.31. The highest BCUT2D eigenvalue weighted by atomic mass is 16.3. The first-order valence-corrected chi connectivity index (χ1v) is 6.96. The van der Waals surface area contributed by atoms with Crippen LogP contribution < -0.4 is 10.6 Å². The average Bonchev–Trinajstić information content (AvgIpc) is 2.87. The normalized spacial score (nSPS) is 15.9. The highest BCUT2D eigenvalue weighted by Gasteiger charge is 2.26. The number of carbonyl (C=O) groups excluding carboxylic acids is 1. The van der Waals surface area contributed by atoms with Crippen LogP contribution in [0.15, 0.2) is 12.2 Å². The smallest absolute Gasteiger partial charge is 0.315 e. The summed E-state index contributed by atoms with van der Waals surface area (Å²) >= 11 is 0. The zero-order valence-corrected chi connectivity index (χ0v) is 11.5. The van der Waals surface area contributed by atoms with Gasteiger partial charge >= 0.3 is 6.03 Å². The summed E-state index contributed by atoms with van der Waals surface area (Å²) in [6.45, 7) is 5.03. The van der Waals surface area contributed by atoms with Gasteiger partial charge in [-0.1, -0.05) is 26.0 Å². The molecule has 0 unspecified atom stereocenters. The molecule has 1 aliphatic rings. The fourth-order valence-corrected chi connectivity index (χ4v) is 2.42. The van der Waals surface area contributed by atoms with E-state index < -0.39 is 0 Å². The van der Waals surface area contributed by atoms with Gasteiger partial charge in [0.25, 0.3) is 0 Å². The first-order valence-electron chi connectivity index (χ1n) is 6.96. The molecule has 1 rings (SSSR count). The molecule has 0 spiro atoms. The molecule has 0 fully saturated rings. The van der Waals surface area contributed by atoms with Crippen molar-refractivity contribution in [3.05, 3.63) is 12.2 Å². The van der Waals surface area contributed by atoms with E-state index in [4.69, 9.17) is 5.11 Å². The molecule has 104 valence electrons. The van der Waals surface area contributed by atoms with E-state index in [1.807, 2.05) is 0 Å². The molecular weight excluding hydrogens is 228 g/mol. The van der Waals surface area contributed by atoms with Crippen molar-refractivity contribution in [3.63, 3.8) is 0 Å². The summed E-state index contributed by atoms with van der Waals surface area (Å²) in [7, 11) is 0. The predicted octanol–water partition coefficient (Wildman–Crippen LogP) is 2.19. The first kappa shape index (κ1) is 15.0. The number of urea groups is 1. The molecule has 2 amide bonds. The number of carbonyl (C=O) groups is 1. The minimum Gasteiger partial charge on any atom is -0.396 e. The lowest BCUT2D eigenvalue weighted by molar-refractivity contribution is 0.163. The van der Waals surface area contributed by atoms with E-state index in [-0.39, 0.29) is 24.1 Å². The Kier molecular flexibility index (Phi) is 6.19. The quantitative estimate of drug-likeness (QED) is 0.610. The summed E-state index contributed by atoms with van der Waals surface area (Å²) in [5.74, 6) is 0. The second-order valence-corrected chi connectivity index (χ2v) is 5.15. The molecule has 0 atom stereocenters. The zero-order valence-electron chi connectivity index (χ0n) is 11.5. The molecule has 4 heteroatoms. The average molecular weight is 254 g/mol. The Labute approximate surface area is 110 Å². The van der Waals surface area contributed by atoms with Crippen LogP contribution in [0.3, 0.4) is 0 Å². The second-order valence-electron chi connectivity index (χ2n) is 5.15. The molecule has 0 aromatic carbocycles. The summed E-state index contributed by atoms with van der Waals surface area (Å²) in [4.78, 5) is 11.8. The topological polar surface area (TPSA) is 61.4 Å². The second kappa shape index (κ2) is 7.41. The zero-order chi connectivity index (χ0) is 13.4. The molecule has 1 aliphatic carbocycles. The fraction of sp³-hybridized carbons (Fsp3) is 0.786. The van der Waals surface area contributed by atoms with E-state index in [9.17, 15) is 4.79 Å². The van der Waals surface area contributed by atoms with E-state index in [2.05, 4.69) is 36.6 Å². The van der Waals surface area contributed by atoms with Crippen LogP contribution >= 0.6 is 0 Å². The molecule has 0 aliphatic heterocycles. The first-order chi connectivity index (χ1) is 8.65. The van der Waals surface area contributed by atoms with Gasteiger partial charge in [-0.05, 0) is 37.5 Å². The largest absolute Gasteiger partial charge is 0.396 e. The highest BCUT2D eigenvalue weighted by Crippen LogP contribution is 2.29. The monoisotopic (exact) mass is 254 g/mol. The minimum atomic E-state index is -0.0899. The summed E-state index contributed by atoms with van der Waals surface area (Å²) < 4.78 is 0. The number of aliphatic hydroxyl groups excluding tert-OH is 1. The van der Waals surface area contributed by atoms with Crippen LogP contribution in [-0.2, 0) is 0 Å². The van der Waals surface area contributed by atoms with Gasteiger partial charge in [0.2, 0.25) is 0 Å². The van der Waals surface area contributed by atoms with Gasteiger partial charge in [-0.2, -0.15) is 0 Å². The molecule has 0 aromatic heterocycles. The Bertz CT molecular complexity index is 278. The summed E-state index contributed by atoms with van der Waals surface area (Å²) in [5.41, 5.74) is 0.0278. The van der Waals surface area contributed by atoms with Crippen LogP contribution in [-0.4, -0.2) is 30.3 Å². The summed E-state index contributed by atoms with van der Waals surface area (Å²) in [5, 5.41) is 15.0. The number of amides is 2. The standard InChI is InChI=1S/C14H26N2O2/c1-3-14(4-2,9-10-17)11-15-13(18)16-12-7-5-6-8-12/h5-6,12,17H,3-4,7-11H2,1-2H3,(H2,15,16,18). The van der Waals surface area contributed by atoms with Crippen LogP contribution in [0.4, 0.5) is 4.79 Å². The Balaban J connectivity index is 2.34. The van der Waals surface area contributed by atoms with Gasteiger partial charge in [0.15, 0.2) is 0 Å². The van der Waals surface area contributed by atoms with E-state index in [1.165, 1.54) is 0 Å². The van der Waals surface area contributed by atoms with Crippen LogP contribution in [0.1, 0.15) is 46.0 Å². The van der Waals surface area contributed by atoms with Crippen molar-refractivity contribution in [2.75, 3.05) is 13.2 Å². The lowest BCUT2D eigenvalue weighted by Crippen LogP contribution is -2.45. The van der Waals surface area contributed by atoms with Gasteiger partial charge in [0.1, 0.15) is 0 Å². The van der Waals surface area contributed by atoms with Crippen LogP contribution in [0.2, 0.25) is 0 Å². The highest BCUT2D eigenvalue weighted by molar-refractivity contribution is 5.74. The number of rotatable bonds is 7. The molecule has 4 nitrogen and oxygen atoms in total. The summed E-state index contributed by atoms with van der Waals surface area (Å²) in [6.07, 6.45) is 8.72. The van der Waals surface area contributed by atoms with E-state index in [0.29, 0.717) is 6.54 Å². The van der Waals surface area contributed by atoms with E-state index in [0.717, 1.165) is 32.1 Å². The van der Waals surface area contributed by atoms with Crippen molar-refractivity contribution in [2.24, 2.45) is 5.41 Å². The third kappa shape index (κ3) is 4.33. The van der Waals surface area contributed by atoms with Gasteiger partial charge in [-0.3, -0.25) is 0 Å². The SMILES string of the molecule is CCC(CC)(CCO)CNC(=O)NC1CC=CC1. The Hall–Kier alpha value is -1.03. The minimum absolute atomic E-state index is 0.0278. The van der Waals surface area contributed by atoms with E-state index in [1.54, 1.807) is 0 Å².